The van der Waals surface area contributed by atoms with Gasteiger partial charge in [-0.25, -0.2) is 10.8 Å². The Morgan fingerprint density at radius 2 is 2.06 bits per heavy atom. The van der Waals surface area contributed by atoms with E-state index >= 15 is 0 Å². The molecule has 1 saturated carbocycles. The zero-order valence-electron chi connectivity index (χ0n) is 9.88. The molecule has 4 N–H and O–H groups in total. The van der Waals surface area contributed by atoms with E-state index < -0.39 is 11.7 Å². The highest BCUT2D eigenvalue weighted by Crippen LogP contribution is 2.37. The van der Waals surface area contributed by atoms with E-state index in [0.29, 0.717) is 5.92 Å². The summed E-state index contributed by atoms with van der Waals surface area (Å²) < 4.78 is 38.0. The topological polar surface area (TPSA) is 63.0 Å². The molecular weight excluding hydrogens is 245 g/mol. The molecule has 2 rings (SSSR count). The van der Waals surface area contributed by atoms with Gasteiger partial charge in [-0.15, -0.1) is 0 Å². The molecule has 18 heavy (non-hydrogen) atoms. The number of pyridine rings is 1. The van der Waals surface area contributed by atoms with Crippen molar-refractivity contribution in [2.24, 2.45) is 11.8 Å². The van der Waals surface area contributed by atoms with Gasteiger partial charge >= 0.3 is 6.18 Å². The van der Waals surface area contributed by atoms with Crippen LogP contribution < -0.4 is 16.6 Å². The Hall–Kier alpha value is -1.50. The normalized spacial score (nSPS) is 22.7. The van der Waals surface area contributed by atoms with Gasteiger partial charge in [0.25, 0.3) is 0 Å². The fraction of sp³-hybridized carbons (Fsp3) is 0.545. The van der Waals surface area contributed by atoms with E-state index in [-0.39, 0.29) is 17.7 Å². The summed E-state index contributed by atoms with van der Waals surface area (Å²) in [5.74, 6) is 5.85. The minimum absolute atomic E-state index is 0.000948. The highest BCUT2D eigenvalue weighted by Gasteiger charge is 2.36. The van der Waals surface area contributed by atoms with Gasteiger partial charge in [0.15, 0.2) is 0 Å². The second-order valence-electron chi connectivity index (χ2n) is 4.42. The van der Waals surface area contributed by atoms with Crippen molar-refractivity contribution in [2.75, 3.05) is 10.7 Å². The lowest BCUT2D eigenvalue weighted by atomic mass is 10.2. The third-order valence-electron chi connectivity index (χ3n) is 3.08. The van der Waals surface area contributed by atoms with Crippen molar-refractivity contribution >= 4 is 11.6 Å². The van der Waals surface area contributed by atoms with E-state index in [1.54, 1.807) is 0 Å². The average molecular weight is 260 g/mol. The summed E-state index contributed by atoms with van der Waals surface area (Å²) in [6.45, 7) is 2.05. The molecule has 2 unspecified atom stereocenters. The maximum Gasteiger partial charge on any atom is 0.416 e. The van der Waals surface area contributed by atoms with Gasteiger partial charge in [0.1, 0.15) is 11.6 Å². The molecule has 1 aliphatic rings. The fourth-order valence-electron chi connectivity index (χ4n) is 1.91. The smallest absolute Gasteiger partial charge is 0.367 e. The Bertz CT molecular complexity index is 433. The second kappa shape index (κ2) is 4.64. The number of hydrogen-bond donors (Lipinski definition) is 3. The lowest BCUT2D eigenvalue weighted by Gasteiger charge is -2.12. The molecule has 1 aromatic heterocycles. The van der Waals surface area contributed by atoms with E-state index in [0.717, 1.165) is 25.0 Å². The Kier molecular flexibility index (Phi) is 3.34. The van der Waals surface area contributed by atoms with Crippen molar-refractivity contribution in [3.8, 4) is 0 Å². The summed E-state index contributed by atoms with van der Waals surface area (Å²) in [5.41, 5.74) is 1.39. The molecular formula is C11H15F3N4. The van der Waals surface area contributed by atoms with Crippen LogP contribution in [0.25, 0.3) is 0 Å². The largest absolute Gasteiger partial charge is 0.416 e. The molecule has 1 aromatic rings. The molecule has 1 fully saturated rings. The molecule has 100 valence electrons. The monoisotopic (exact) mass is 260 g/mol. The van der Waals surface area contributed by atoms with Gasteiger partial charge in [0.2, 0.25) is 0 Å². The summed E-state index contributed by atoms with van der Waals surface area (Å²) in [6.07, 6.45) is -2.42. The molecule has 1 heterocycles. The van der Waals surface area contributed by atoms with Crippen LogP contribution in [0.4, 0.5) is 24.8 Å². The van der Waals surface area contributed by atoms with E-state index in [9.17, 15) is 13.2 Å². The molecule has 1 aliphatic carbocycles. The maximum absolute atomic E-state index is 12.7. The average Bonchev–Trinajstić information content (AvgIpc) is 3.06. The van der Waals surface area contributed by atoms with Crippen molar-refractivity contribution in [2.45, 2.75) is 32.0 Å². The SMILES string of the molecule is CCC1CC1Nc1cc(C(F)(F)F)cc(NN)n1. The first-order valence-corrected chi connectivity index (χ1v) is 5.76. The zero-order chi connectivity index (χ0) is 13.3. The van der Waals surface area contributed by atoms with E-state index in [1.165, 1.54) is 0 Å². The van der Waals surface area contributed by atoms with Crippen LogP contribution in [0.5, 0.6) is 0 Å². The van der Waals surface area contributed by atoms with E-state index in [2.05, 4.69) is 22.7 Å². The Balaban J connectivity index is 2.19. The second-order valence-corrected chi connectivity index (χ2v) is 4.42. The van der Waals surface area contributed by atoms with Crippen LogP contribution in [0.2, 0.25) is 0 Å². The molecule has 0 spiro atoms. The third-order valence-corrected chi connectivity index (χ3v) is 3.08. The quantitative estimate of drug-likeness (QED) is 0.575. The van der Waals surface area contributed by atoms with Gasteiger partial charge in [-0.05, 0) is 24.5 Å². The van der Waals surface area contributed by atoms with Crippen molar-refractivity contribution in [3.05, 3.63) is 17.7 Å². The van der Waals surface area contributed by atoms with Crippen molar-refractivity contribution in [1.29, 1.82) is 0 Å². The minimum Gasteiger partial charge on any atom is -0.367 e. The summed E-state index contributed by atoms with van der Waals surface area (Å²) in [7, 11) is 0. The van der Waals surface area contributed by atoms with Crippen LogP contribution in [0.1, 0.15) is 25.3 Å². The number of aromatic nitrogens is 1. The highest BCUT2D eigenvalue weighted by molar-refractivity contribution is 5.50. The van der Waals surface area contributed by atoms with Gasteiger partial charge in [0, 0.05) is 6.04 Å². The molecule has 2 atom stereocenters. The number of nitrogens with one attached hydrogen (secondary N) is 2. The Labute approximate surface area is 103 Å². The summed E-state index contributed by atoms with van der Waals surface area (Å²) in [5, 5.41) is 3.00. The summed E-state index contributed by atoms with van der Waals surface area (Å²) in [6, 6.07) is 2.11. The van der Waals surface area contributed by atoms with Crippen molar-refractivity contribution in [1.82, 2.24) is 4.98 Å². The first-order chi connectivity index (χ1) is 8.44. The van der Waals surface area contributed by atoms with Gasteiger partial charge < -0.3 is 10.7 Å². The molecule has 0 saturated heterocycles. The number of nitrogen functional groups attached to an aromatic ring is 1. The standard InChI is InChI=1S/C11H15F3N4/c1-2-6-3-8(6)16-9-4-7(11(12,13)14)5-10(17-9)18-15/h4-6,8H,2-3,15H2,1H3,(H2,16,17,18). The third kappa shape index (κ3) is 2.84. The zero-order valence-corrected chi connectivity index (χ0v) is 9.88. The Morgan fingerprint density at radius 3 is 2.56 bits per heavy atom. The molecule has 0 aromatic carbocycles. The van der Waals surface area contributed by atoms with Crippen LogP contribution in [-0.2, 0) is 6.18 Å². The number of hydrazine groups is 1. The van der Waals surface area contributed by atoms with Crippen molar-refractivity contribution in [3.63, 3.8) is 0 Å². The lowest BCUT2D eigenvalue weighted by Crippen LogP contribution is -2.15. The van der Waals surface area contributed by atoms with E-state index in [1.807, 2.05) is 0 Å². The number of rotatable bonds is 4. The lowest BCUT2D eigenvalue weighted by molar-refractivity contribution is -0.137. The van der Waals surface area contributed by atoms with Crippen molar-refractivity contribution < 1.29 is 13.2 Å². The fourth-order valence-corrected chi connectivity index (χ4v) is 1.91. The Morgan fingerprint density at radius 1 is 1.39 bits per heavy atom. The van der Waals surface area contributed by atoms with Gasteiger partial charge in [-0.2, -0.15) is 13.2 Å². The van der Waals surface area contributed by atoms with Gasteiger partial charge in [-0.3, -0.25) is 0 Å². The number of alkyl halides is 3. The van der Waals surface area contributed by atoms with Gasteiger partial charge in [-0.1, -0.05) is 13.3 Å². The van der Waals surface area contributed by atoms with E-state index in [4.69, 9.17) is 5.84 Å². The van der Waals surface area contributed by atoms with Crippen LogP contribution in [0.15, 0.2) is 12.1 Å². The maximum atomic E-state index is 12.7. The number of anilines is 2. The summed E-state index contributed by atoms with van der Waals surface area (Å²) in [4.78, 5) is 3.97. The number of halogens is 3. The first-order valence-electron chi connectivity index (χ1n) is 5.76. The molecule has 0 bridgehead atoms. The number of nitrogens with two attached hydrogens (primary N) is 1. The number of nitrogens with zero attached hydrogens (tertiary/aromatic N) is 1. The molecule has 4 nitrogen and oxygen atoms in total. The van der Waals surface area contributed by atoms with Crippen LogP contribution in [0.3, 0.4) is 0 Å². The number of hydrogen-bond acceptors (Lipinski definition) is 4. The predicted molar refractivity (Wildman–Crippen MR) is 62.9 cm³/mol. The highest BCUT2D eigenvalue weighted by atomic mass is 19.4. The van der Waals surface area contributed by atoms with Crippen LogP contribution in [0, 0.1) is 5.92 Å². The molecule has 0 amide bonds. The molecule has 0 aliphatic heterocycles. The van der Waals surface area contributed by atoms with Gasteiger partial charge in [0.05, 0.1) is 5.56 Å². The summed E-state index contributed by atoms with van der Waals surface area (Å²) >= 11 is 0. The molecule has 7 heteroatoms. The van der Waals surface area contributed by atoms with Crippen LogP contribution >= 0.6 is 0 Å². The predicted octanol–water partition coefficient (Wildman–Crippen LogP) is 2.60. The first kappa shape index (κ1) is 12.9. The minimum atomic E-state index is -4.40. The molecule has 0 radical (unpaired) electrons. The van der Waals surface area contributed by atoms with Crippen LogP contribution in [-0.4, -0.2) is 11.0 Å².